The molecule has 27 heavy (non-hydrogen) atoms. The standard InChI is InChI=1S/C22H30N2O3/c1-26-8-6-15-9-14-11-22(13-25)20-17(5-7-24(12-14)21(15)22)18-10-16(27-2)3-4-19(18)23-20/h3-4,10,14-15,21,23,25H,5-9,11-13H2,1-2H3/t14-,15?,21?,22?/m1/s1. The second-order valence-corrected chi connectivity index (χ2v) is 8.74. The molecule has 3 aliphatic heterocycles. The number of hydrogen-bond donors (Lipinski definition) is 2. The predicted octanol–water partition coefficient (Wildman–Crippen LogP) is 2.71. The molecule has 1 saturated carbocycles. The lowest BCUT2D eigenvalue weighted by Gasteiger charge is -2.59. The summed E-state index contributed by atoms with van der Waals surface area (Å²) in [7, 11) is 3.51. The highest BCUT2D eigenvalue weighted by Crippen LogP contribution is 2.54. The predicted molar refractivity (Wildman–Crippen MR) is 105 cm³/mol. The van der Waals surface area contributed by atoms with Crippen LogP contribution in [0.15, 0.2) is 18.2 Å². The smallest absolute Gasteiger partial charge is 0.119 e. The lowest BCUT2D eigenvalue weighted by Crippen LogP contribution is -2.65. The van der Waals surface area contributed by atoms with Gasteiger partial charge in [0.15, 0.2) is 0 Å². The normalized spacial score (nSPS) is 34.5. The van der Waals surface area contributed by atoms with Crippen LogP contribution in [0.4, 0.5) is 0 Å². The second-order valence-electron chi connectivity index (χ2n) is 8.74. The van der Waals surface area contributed by atoms with Crippen molar-refractivity contribution in [1.29, 1.82) is 0 Å². The van der Waals surface area contributed by atoms with Gasteiger partial charge in [0.1, 0.15) is 5.75 Å². The Hall–Kier alpha value is -1.56. The number of nitrogens with one attached hydrogen (secondary N) is 1. The van der Waals surface area contributed by atoms with Crippen LogP contribution < -0.4 is 4.74 Å². The molecular formula is C22H30N2O3. The summed E-state index contributed by atoms with van der Waals surface area (Å²) in [6.07, 6.45) is 4.48. The van der Waals surface area contributed by atoms with Gasteiger partial charge in [-0.1, -0.05) is 0 Å². The maximum atomic E-state index is 10.8. The minimum absolute atomic E-state index is 0.183. The molecular weight excluding hydrogens is 340 g/mol. The fourth-order valence-corrected chi connectivity index (χ4v) is 6.52. The van der Waals surface area contributed by atoms with Crippen LogP contribution in [0, 0.1) is 11.8 Å². The van der Waals surface area contributed by atoms with Crippen LogP contribution in [-0.4, -0.2) is 61.6 Å². The molecule has 4 bridgehead atoms. The first-order valence-electron chi connectivity index (χ1n) is 10.2. The van der Waals surface area contributed by atoms with Gasteiger partial charge in [-0.25, -0.2) is 0 Å². The number of benzene rings is 1. The molecule has 0 spiro atoms. The number of aromatic amines is 1. The highest BCUT2D eigenvalue weighted by molar-refractivity contribution is 5.87. The summed E-state index contributed by atoms with van der Waals surface area (Å²) in [5, 5.41) is 12.0. The van der Waals surface area contributed by atoms with Crippen LogP contribution in [-0.2, 0) is 16.6 Å². The Kier molecular flexibility index (Phi) is 4.22. The zero-order chi connectivity index (χ0) is 18.6. The van der Waals surface area contributed by atoms with Crippen molar-refractivity contribution >= 4 is 10.9 Å². The van der Waals surface area contributed by atoms with Crippen molar-refractivity contribution in [2.75, 3.05) is 40.5 Å². The largest absolute Gasteiger partial charge is 0.497 e. The molecule has 4 heterocycles. The molecule has 5 heteroatoms. The minimum atomic E-state index is -0.183. The zero-order valence-corrected chi connectivity index (χ0v) is 16.3. The van der Waals surface area contributed by atoms with Gasteiger partial charge in [-0.05, 0) is 61.3 Å². The molecule has 0 radical (unpaired) electrons. The molecule has 1 aromatic heterocycles. The van der Waals surface area contributed by atoms with Crippen molar-refractivity contribution in [2.45, 2.75) is 37.1 Å². The monoisotopic (exact) mass is 370 g/mol. The number of H-pyrrole nitrogens is 1. The molecule has 1 aliphatic carbocycles. The molecule has 6 rings (SSSR count). The first kappa shape index (κ1) is 17.5. The first-order valence-corrected chi connectivity index (χ1v) is 10.2. The Bertz CT molecular complexity index is 847. The number of aliphatic hydroxyl groups excluding tert-OH is 1. The van der Waals surface area contributed by atoms with Crippen molar-refractivity contribution in [1.82, 2.24) is 9.88 Å². The lowest BCUT2D eigenvalue weighted by atomic mass is 9.56. The number of hydrogen-bond acceptors (Lipinski definition) is 4. The van der Waals surface area contributed by atoms with Gasteiger partial charge < -0.3 is 19.6 Å². The van der Waals surface area contributed by atoms with Gasteiger partial charge in [0.05, 0.1) is 13.7 Å². The Morgan fingerprint density at radius 3 is 3.00 bits per heavy atom. The maximum Gasteiger partial charge on any atom is 0.119 e. The van der Waals surface area contributed by atoms with E-state index >= 15 is 0 Å². The summed E-state index contributed by atoms with van der Waals surface area (Å²) in [5.74, 6) is 2.15. The highest BCUT2D eigenvalue weighted by Gasteiger charge is 2.58. The molecule has 146 valence electrons. The number of rotatable bonds is 5. The van der Waals surface area contributed by atoms with E-state index in [1.165, 1.54) is 29.6 Å². The van der Waals surface area contributed by atoms with Gasteiger partial charge in [0.2, 0.25) is 0 Å². The first-order chi connectivity index (χ1) is 13.2. The van der Waals surface area contributed by atoms with Crippen molar-refractivity contribution in [3.63, 3.8) is 0 Å². The Balaban J connectivity index is 1.66. The lowest BCUT2D eigenvalue weighted by molar-refractivity contribution is -0.0826. The quantitative estimate of drug-likeness (QED) is 0.850. The average molecular weight is 370 g/mol. The van der Waals surface area contributed by atoms with Gasteiger partial charge in [-0.3, -0.25) is 4.90 Å². The van der Waals surface area contributed by atoms with Gasteiger partial charge in [-0.15, -0.1) is 0 Å². The van der Waals surface area contributed by atoms with Crippen LogP contribution in [0.25, 0.3) is 10.9 Å². The van der Waals surface area contributed by atoms with Gasteiger partial charge in [0.25, 0.3) is 0 Å². The molecule has 5 nitrogen and oxygen atoms in total. The number of methoxy groups -OCH3 is 2. The summed E-state index contributed by atoms with van der Waals surface area (Å²) >= 11 is 0. The maximum absolute atomic E-state index is 10.8. The molecule has 3 fully saturated rings. The van der Waals surface area contributed by atoms with E-state index in [2.05, 4.69) is 22.0 Å². The topological polar surface area (TPSA) is 57.7 Å². The number of aromatic nitrogens is 1. The summed E-state index contributed by atoms with van der Waals surface area (Å²) in [6, 6.07) is 6.69. The number of fused-ring (bicyclic) bond motifs is 4. The zero-order valence-electron chi connectivity index (χ0n) is 16.3. The van der Waals surface area contributed by atoms with E-state index in [1.54, 1.807) is 14.2 Å². The van der Waals surface area contributed by atoms with Crippen LogP contribution >= 0.6 is 0 Å². The molecule has 2 N–H and O–H groups in total. The number of ether oxygens (including phenoxy) is 2. The average Bonchev–Trinajstić information content (AvgIpc) is 3.04. The molecule has 5 atom stereocenters. The van der Waals surface area contributed by atoms with Crippen molar-refractivity contribution in [3.8, 4) is 5.75 Å². The third-order valence-electron chi connectivity index (χ3n) is 7.42. The summed E-state index contributed by atoms with van der Waals surface area (Å²) in [5.41, 5.74) is 3.65. The van der Waals surface area contributed by atoms with Crippen LogP contribution in [0.5, 0.6) is 5.75 Å². The van der Waals surface area contributed by atoms with Crippen LogP contribution in [0.3, 0.4) is 0 Å². The minimum Gasteiger partial charge on any atom is -0.497 e. The molecule has 2 aromatic rings. The summed E-state index contributed by atoms with van der Waals surface area (Å²) in [4.78, 5) is 6.42. The molecule has 0 amide bonds. The van der Waals surface area contributed by atoms with E-state index in [1.807, 2.05) is 6.07 Å². The molecule has 1 aromatic carbocycles. The van der Waals surface area contributed by atoms with E-state index in [4.69, 9.17) is 9.47 Å². The Morgan fingerprint density at radius 1 is 1.33 bits per heavy atom. The van der Waals surface area contributed by atoms with Crippen LogP contribution in [0.2, 0.25) is 0 Å². The van der Waals surface area contributed by atoms with Crippen molar-refractivity contribution < 1.29 is 14.6 Å². The van der Waals surface area contributed by atoms with Crippen molar-refractivity contribution in [2.24, 2.45) is 11.8 Å². The Labute approximate surface area is 160 Å². The van der Waals surface area contributed by atoms with E-state index in [0.717, 1.165) is 43.7 Å². The third kappa shape index (κ3) is 2.48. The Morgan fingerprint density at radius 2 is 2.22 bits per heavy atom. The van der Waals surface area contributed by atoms with E-state index in [-0.39, 0.29) is 12.0 Å². The number of nitrogens with zero attached hydrogens (tertiary/aromatic N) is 1. The molecule has 4 aliphatic rings. The molecule has 2 saturated heterocycles. The van der Waals surface area contributed by atoms with E-state index in [0.29, 0.717) is 17.9 Å². The fourth-order valence-electron chi connectivity index (χ4n) is 6.52. The van der Waals surface area contributed by atoms with Crippen LogP contribution in [0.1, 0.15) is 30.5 Å². The van der Waals surface area contributed by atoms with Crippen molar-refractivity contribution in [3.05, 3.63) is 29.5 Å². The number of aliphatic hydroxyl groups is 1. The second kappa shape index (κ2) is 6.50. The van der Waals surface area contributed by atoms with Gasteiger partial charge >= 0.3 is 0 Å². The number of piperidine rings is 2. The summed E-state index contributed by atoms with van der Waals surface area (Å²) in [6.45, 7) is 3.27. The van der Waals surface area contributed by atoms with E-state index in [9.17, 15) is 5.11 Å². The highest BCUT2D eigenvalue weighted by atomic mass is 16.5. The fraction of sp³-hybridized carbons (Fsp3) is 0.636. The third-order valence-corrected chi connectivity index (χ3v) is 7.42. The van der Waals surface area contributed by atoms with Gasteiger partial charge in [-0.2, -0.15) is 0 Å². The van der Waals surface area contributed by atoms with Gasteiger partial charge in [0, 0.05) is 54.9 Å². The SMILES string of the molecule is COCCC1C[C@H]2CN3CCc4c([nH]c5ccc(OC)cc45)C(CO)(C2)C13. The molecule has 4 unspecified atom stereocenters. The summed E-state index contributed by atoms with van der Waals surface area (Å²) < 4.78 is 10.9. The van der Waals surface area contributed by atoms with E-state index < -0.39 is 0 Å².